The number of carboxylic acid groups (broad SMARTS) is 1. The zero-order valence-corrected chi connectivity index (χ0v) is 10.6. The van der Waals surface area contributed by atoms with Crippen molar-refractivity contribution in [2.75, 3.05) is 0 Å². The van der Waals surface area contributed by atoms with Crippen molar-refractivity contribution in [3.05, 3.63) is 35.6 Å². The zero-order valence-electron chi connectivity index (χ0n) is 9.81. The van der Waals surface area contributed by atoms with Gasteiger partial charge in [0.2, 0.25) is 0 Å². The van der Waals surface area contributed by atoms with Crippen LogP contribution in [0.4, 0.5) is 4.39 Å². The van der Waals surface area contributed by atoms with Gasteiger partial charge in [-0.2, -0.15) is 0 Å². The highest BCUT2D eigenvalue weighted by molar-refractivity contribution is 7.99. The van der Waals surface area contributed by atoms with E-state index in [2.05, 4.69) is 0 Å². The number of rotatable bonds is 5. The second kappa shape index (κ2) is 5.51. The summed E-state index contributed by atoms with van der Waals surface area (Å²) >= 11 is 1.45. The highest BCUT2D eigenvalue weighted by Crippen LogP contribution is 2.30. The second-order valence-corrected chi connectivity index (χ2v) is 5.96. The molecule has 0 saturated carbocycles. The number of hydrogen-bond donors (Lipinski definition) is 2. The number of halogens is 1. The minimum Gasteiger partial charge on any atom is -0.480 e. The van der Waals surface area contributed by atoms with Crippen LogP contribution in [0.3, 0.4) is 0 Å². The molecule has 0 heterocycles. The molecule has 1 rings (SSSR count). The van der Waals surface area contributed by atoms with Crippen LogP contribution >= 0.6 is 11.8 Å². The van der Waals surface area contributed by atoms with Gasteiger partial charge in [-0.05, 0) is 31.5 Å². The van der Waals surface area contributed by atoms with Gasteiger partial charge in [0, 0.05) is 10.5 Å². The molecule has 5 heteroatoms. The van der Waals surface area contributed by atoms with Crippen LogP contribution < -0.4 is 5.73 Å². The fraction of sp³-hybridized carbons (Fsp3) is 0.417. The van der Waals surface area contributed by atoms with Gasteiger partial charge < -0.3 is 10.8 Å². The molecule has 3 nitrogen and oxygen atoms in total. The van der Waals surface area contributed by atoms with Crippen molar-refractivity contribution in [3.63, 3.8) is 0 Å². The Morgan fingerprint density at radius 1 is 1.47 bits per heavy atom. The number of carbonyl (C=O) groups is 1. The molecule has 0 radical (unpaired) electrons. The summed E-state index contributed by atoms with van der Waals surface area (Å²) in [5.74, 6) is -0.685. The fourth-order valence-corrected chi connectivity index (χ4v) is 2.25. The third kappa shape index (κ3) is 4.02. The third-order valence-corrected chi connectivity index (χ3v) is 4.01. The maximum Gasteiger partial charge on any atom is 0.321 e. The average molecular weight is 257 g/mol. The Morgan fingerprint density at radius 3 is 2.47 bits per heavy atom. The van der Waals surface area contributed by atoms with Crippen LogP contribution in [-0.4, -0.2) is 21.9 Å². The molecule has 3 N–H and O–H groups in total. The van der Waals surface area contributed by atoms with E-state index in [9.17, 15) is 9.18 Å². The van der Waals surface area contributed by atoms with E-state index >= 15 is 0 Å². The monoisotopic (exact) mass is 257 g/mol. The van der Waals surface area contributed by atoms with Crippen LogP contribution in [0.1, 0.15) is 19.4 Å². The number of carboxylic acids is 1. The maximum absolute atomic E-state index is 12.7. The number of aliphatic carboxylic acids is 1. The van der Waals surface area contributed by atoms with Crippen molar-refractivity contribution in [1.82, 2.24) is 0 Å². The van der Waals surface area contributed by atoms with Gasteiger partial charge >= 0.3 is 5.97 Å². The summed E-state index contributed by atoms with van der Waals surface area (Å²) in [4.78, 5) is 10.8. The van der Waals surface area contributed by atoms with Crippen molar-refractivity contribution in [3.8, 4) is 0 Å². The Balaban J connectivity index is 2.60. The Labute approximate surface area is 104 Å². The number of nitrogens with two attached hydrogens (primary N) is 1. The molecule has 0 amide bonds. The molecule has 94 valence electrons. The number of benzene rings is 1. The van der Waals surface area contributed by atoms with Crippen LogP contribution in [0.15, 0.2) is 24.3 Å². The first-order valence-corrected chi connectivity index (χ1v) is 6.18. The molecule has 0 aliphatic carbocycles. The van der Waals surface area contributed by atoms with E-state index < -0.39 is 16.8 Å². The summed E-state index contributed by atoms with van der Waals surface area (Å²) in [6.45, 7) is 3.58. The minimum absolute atomic E-state index is 0.278. The Kier molecular flexibility index (Phi) is 4.54. The van der Waals surface area contributed by atoms with Gasteiger partial charge in [0.15, 0.2) is 0 Å². The molecule has 1 aromatic rings. The van der Waals surface area contributed by atoms with Gasteiger partial charge in [0.25, 0.3) is 0 Å². The number of hydrogen-bond acceptors (Lipinski definition) is 3. The predicted molar refractivity (Wildman–Crippen MR) is 67.4 cm³/mol. The van der Waals surface area contributed by atoms with E-state index in [0.29, 0.717) is 5.75 Å². The van der Waals surface area contributed by atoms with Crippen molar-refractivity contribution in [2.24, 2.45) is 5.73 Å². The van der Waals surface area contributed by atoms with E-state index in [1.165, 1.54) is 23.9 Å². The summed E-state index contributed by atoms with van der Waals surface area (Å²) in [5.41, 5.74) is 6.55. The normalized spacial score (nSPS) is 13.4. The van der Waals surface area contributed by atoms with E-state index in [4.69, 9.17) is 10.8 Å². The summed E-state index contributed by atoms with van der Waals surface area (Å²) in [6.07, 6.45) is 0. The smallest absolute Gasteiger partial charge is 0.321 e. The van der Waals surface area contributed by atoms with E-state index in [1.807, 2.05) is 0 Å². The molecule has 0 spiro atoms. The summed E-state index contributed by atoms with van der Waals surface area (Å²) in [6, 6.07) is 5.23. The average Bonchev–Trinajstić information content (AvgIpc) is 2.27. The quantitative estimate of drug-likeness (QED) is 0.849. The lowest BCUT2D eigenvalue weighted by molar-refractivity contribution is -0.139. The topological polar surface area (TPSA) is 63.3 Å². The molecule has 0 fully saturated rings. The summed E-state index contributed by atoms with van der Waals surface area (Å²) < 4.78 is 12.1. The molecule has 17 heavy (non-hydrogen) atoms. The lowest BCUT2D eigenvalue weighted by atomic mass is 10.1. The predicted octanol–water partition coefficient (Wildman–Crippen LogP) is 2.25. The lowest BCUT2D eigenvalue weighted by Gasteiger charge is -2.27. The molecular weight excluding hydrogens is 241 g/mol. The highest BCUT2D eigenvalue weighted by atomic mass is 32.2. The van der Waals surface area contributed by atoms with Gasteiger partial charge in [-0.25, -0.2) is 4.39 Å². The van der Waals surface area contributed by atoms with Gasteiger partial charge in [0.05, 0.1) is 0 Å². The molecule has 1 atom stereocenters. The van der Waals surface area contributed by atoms with Gasteiger partial charge in [0.1, 0.15) is 11.9 Å². The number of thioether (sulfide) groups is 1. The van der Waals surface area contributed by atoms with Crippen LogP contribution in [0, 0.1) is 5.82 Å². The molecule has 0 bridgehead atoms. The summed E-state index contributed by atoms with van der Waals surface area (Å²) in [7, 11) is 0. The third-order valence-electron chi connectivity index (χ3n) is 2.54. The largest absolute Gasteiger partial charge is 0.480 e. The molecular formula is C12H16FNO2S. The van der Waals surface area contributed by atoms with Crippen LogP contribution in [-0.2, 0) is 10.5 Å². The first-order valence-electron chi connectivity index (χ1n) is 5.20. The Morgan fingerprint density at radius 2 is 2.00 bits per heavy atom. The molecule has 1 aromatic carbocycles. The van der Waals surface area contributed by atoms with Crippen LogP contribution in [0.2, 0.25) is 0 Å². The van der Waals surface area contributed by atoms with E-state index in [0.717, 1.165) is 5.56 Å². The van der Waals surface area contributed by atoms with E-state index in [1.54, 1.807) is 26.0 Å². The maximum atomic E-state index is 12.7. The van der Waals surface area contributed by atoms with Crippen LogP contribution in [0.5, 0.6) is 0 Å². The zero-order chi connectivity index (χ0) is 13.1. The highest BCUT2D eigenvalue weighted by Gasteiger charge is 2.32. The molecule has 0 unspecified atom stereocenters. The van der Waals surface area contributed by atoms with Gasteiger partial charge in [-0.15, -0.1) is 11.8 Å². The van der Waals surface area contributed by atoms with Gasteiger partial charge in [-0.1, -0.05) is 12.1 Å². The van der Waals surface area contributed by atoms with E-state index in [-0.39, 0.29) is 5.82 Å². The van der Waals surface area contributed by atoms with Gasteiger partial charge in [-0.3, -0.25) is 4.79 Å². The molecule has 0 saturated heterocycles. The van der Waals surface area contributed by atoms with Crippen molar-refractivity contribution in [2.45, 2.75) is 30.4 Å². The van der Waals surface area contributed by atoms with Crippen molar-refractivity contribution < 1.29 is 14.3 Å². The standard InChI is InChI=1S/C12H16FNO2S/c1-12(2,10(14)11(15)16)17-7-8-3-5-9(13)6-4-8/h3-6,10H,7,14H2,1-2H3,(H,15,16)/t10-/m1/s1. The Hall–Kier alpha value is -1.07. The van der Waals surface area contributed by atoms with Crippen molar-refractivity contribution in [1.29, 1.82) is 0 Å². The molecule has 0 aliphatic heterocycles. The minimum atomic E-state index is -1.01. The fourth-order valence-electron chi connectivity index (χ4n) is 1.24. The second-order valence-electron chi connectivity index (χ2n) is 4.33. The molecule has 0 aromatic heterocycles. The lowest BCUT2D eigenvalue weighted by Crippen LogP contribution is -2.46. The SMILES string of the molecule is CC(C)(SCc1ccc(F)cc1)[C@H](N)C(=O)O. The van der Waals surface area contributed by atoms with Crippen LogP contribution in [0.25, 0.3) is 0 Å². The summed E-state index contributed by atoms with van der Waals surface area (Å²) in [5, 5.41) is 8.86. The first-order chi connectivity index (χ1) is 7.83. The Bertz CT molecular complexity index is 392. The first kappa shape index (κ1) is 14.0. The molecule has 0 aliphatic rings. The van der Waals surface area contributed by atoms with Crippen molar-refractivity contribution >= 4 is 17.7 Å².